The van der Waals surface area contributed by atoms with E-state index in [4.69, 9.17) is 15.2 Å². The highest BCUT2D eigenvalue weighted by atomic mass is 16.5. The standard InChI is InChI=1S/C25H31N3O5/c1-32-20-9-8-18(15-21(20)33-2)16-25(13-11-23(30)28-25)12-10-22(29)27-19(24(26)31)14-17-6-4-3-5-7-17/h3-9,15,19H,10-14,16H2,1-2H3,(H2,26,31)(H,27,29)(H,28,30)/t19-,25-/m0/s1. The van der Waals surface area contributed by atoms with Gasteiger partial charge in [0.05, 0.1) is 14.2 Å². The van der Waals surface area contributed by atoms with Crippen LogP contribution < -0.4 is 25.8 Å². The molecule has 0 aromatic heterocycles. The molecule has 2 atom stereocenters. The molecule has 176 valence electrons. The zero-order valence-electron chi connectivity index (χ0n) is 19.1. The number of hydrogen-bond acceptors (Lipinski definition) is 5. The molecule has 0 radical (unpaired) electrons. The summed E-state index contributed by atoms with van der Waals surface area (Å²) in [5.74, 6) is 0.345. The fourth-order valence-corrected chi connectivity index (χ4v) is 4.26. The maximum atomic E-state index is 12.7. The third kappa shape index (κ3) is 6.47. The fraction of sp³-hybridized carbons (Fsp3) is 0.400. The molecular weight excluding hydrogens is 422 g/mol. The molecule has 8 heteroatoms. The number of ether oxygens (including phenoxy) is 2. The number of methoxy groups -OCH3 is 2. The lowest BCUT2D eigenvalue weighted by molar-refractivity contribution is -0.127. The number of hydrogen-bond donors (Lipinski definition) is 3. The van der Waals surface area contributed by atoms with Crippen molar-refractivity contribution in [3.8, 4) is 11.5 Å². The molecule has 4 N–H and O–H groups in total. The van der Waals surface area contributed by atoms with Crippen LogP contribution in [0.4, 0.5) is 0 Å². The van der Waals surface area contributed by atoms with E-state index in [1.165, 1.54) is 0 Å². The molecule has 2 aromatic carbocycles. The minimum Gasteiger partial charge on any atom is -0.493 e. The molecular formula is C25H31N3O5. The van der Waals surface area contributed by atoms with Gasteiger partial charge in [-0.3, -0.25) is 14.4 Å². The van der Waals surface area contributed by atoms with Crippen molar-refractivity contribution < 1.29 is 23.9 Å². The maximum absolute atomic E-state index is 12.7. The highest BCUT2D eigenvalue weighted by Gasteiger charge is 2.38. The number of carbonyl (C=O) groups is 3. The van der Waals surface area contributed by atoms with Crippen molar-refractivity contribution >= 4 is 17.7 Å². The Morgan fingerprint density at radius 3 is 2.42 bits per heavy atom. The summed E-state index contributed by atoms with van der Waals surface area (Å²) in [5, 5.41) is 5.82. The summed E-state index contributed by atoms with van der Waals surface area (Å²) in [5.41, 5.74) is 6.85. The van der Waals surface area contributed by atoms with Gasteiger partial charge in [0.2, 0.25) is 17.7 Å². The molecule has 1 fully saturated rings. The zero-order valence-corrected chi connectivity index (χ0v) is 19.1. The number of nitrogens with two attached hydrogens (primary N) is 1. The van der Waals surface area contributed by atoms with Crippen LogP contribution in [0.3, 0.4) is 0 Å². The second-order valence-electron chi connectivity index (χ2n) is 8.41. The first-order valence-corrected chi connectivity index (χ1v) is 11.0. The molecule has 33 heavy (non-hydrogen) atoms. The van der Waals surface area contributed by atoms with Crippen molar-refractivity contribution in [2.24, 2.45) is 5.73 Å². The van der Waals surface area contributed by atoms with E-state index in [0.29, 0.717) is 43.6 Å². The SMILES string of the molecule is COc1ccc(C[C@]2(CCC(=O)N[C@@H](Cc3ccccc3)C(N)=O)CCC(=O)N2)cc1OC. The monoisotopic (exact) mass is 453 g/mol. The summed E-state index contributed by atoms with van der Waals surface area (Å²) in [7, 11) is 3.15. The molecule has 1 heterocycles. The largest absolute Gasteiger partial charge is 0.493 e. The third-order valence-electron chi connectivity index (χ3n) is 6.02. The van der Waals surface area contributed by atoms with Gasteiger partial charge in [0.1, 0.15) is 6.04 Å². The van der Waals surface area contributed by atoms with Gasteiger partial charge in [-0.1, -0.05) is 36.4 Å². The number of rotatable bonds is 11. The first-order chi connectivity index (χ1) is 15.8. The molecule has 2 aromatic rings. The predicted molar refractivity (Wildman–Crippen MR) is 124 cm³/mol. The van der Waals surface area contributed by atoms with Crippen LogP contribution in [0, 0.1) is 0 Å². The van der Waals surface area contributed by atoms with Gasteiger partial charge in [-0.15, -0.1) is 0 Å². The molecule has 3 amide bonds. The van der Waals surface area contributed by atoms with Crippen LogP contribution in [0.5, 0.6) is 11.5 Å². The van der Waals surface area contributed by atoms with Gasteiger partial charge in [-0.25, -0.2) is 0 Å². The summed E-state index contributed by atoms with van der Waals surface area (Å²) in [6, 6.07) is 14.2. The van der Waals surface area contributed by atoms with Crippen molar-refractivity contribution in [3.63, 3.8) is 0 Å². The first kappa shape index (κ1) is 24.1. The Kier molecular flexibility index (Phi) is 7.92. The minimum atomic E-state index is -0.792. The van der Waals surface area contributed by atoms with Crippen molar-refractivity contribution in [2.75, 3.05) is 14.2 Å². The Morgan fingerprint density at radius 2 is 1.82 bits per heavy atom. The average molecular weight is 454 g/mol. The Labute approximate surface area is 193 Å². The highest BCUT2D eigenvalue weighted by molar-refractivity contribution is 5.87. The lowest BCUT2D eigenvalue weighted by atomic mass is 9.84. The Balaban J connectivity index is 1.66. The molecule has 0 unspecified atom stereocenters. The van der Waals surface area contributed by atoms with E-state index >= 15 is 0 Å². The van der Waals surface area contributed by atoms with E-state index in [1.54, 1.807) is 14.2 Å². The summed E-state index contributed by atoms with van der Waals surface area (Å²) >= 11 is 0. The van der Waals surface area contributed by atoms with Crippen molar-refractivity contribution in [3.05, 3.63) is 59.7 Å². The molecule has 1 saturated heterocycles. The fourth-order valence-electron chi connectivity index (χ4n) is 4.26. The summed E-state index contributed by atoms with van der Waals surface area (Å²) in [6.07, 6.45) is 2.51. The number of primary amides is 1. The van der Waals surface area contributed by atoms with Crippen molar-refractivity contribution in [2.45, 2.75) is 50.1 Å². The molecule has 0 spiro atoms. The first-order valence-electron chi connectivity index (χ1n) is 11.0. The van der Waals surface area contributed by atoms with Gasteiger partial charge >= 0.3 is 0 Å². The number of carbonyl (C=O) groups excluding carboxylic acids is 3. The number of amides is 3. The smallest absolute Gasteiger partial charge is 0.240 e. The van der Waals surface area contributed by atoms with E-state index in [1.807, 2.05) is 48.5 Å². The molecule has 3 rings (SSSR count). The summed E-state index contributed by atoms with van der Waals surface area (Å²) in [6.45, 7) is 0. The second kappa shape index (κ2) is 10.8. The molecule has 0 bridgehead atoms. The number of benzene rings is 2. The Bertz CT molecular complexity index is 995. The van der Waals surface area contributed by atoms with Gasteiger partial charge in [-0.05, 0) is 42.5 Å². The third-order valence-corrected chi connectivity index (χ3v) is 6.02. The lowest BCUT2D eigenvalue weighted by Crippen LogP contribution is -2.48. The molecule has 8 nitrogen and oxygen atoms in total. The predicted octanol–water partition coefficient (Wildman–Crippen LogP) is 1.89. The van der Waals surface area contributed by atoms with Crippen LogP contribution in [0.15, 0.2) is 48.5 Å². The lowest BCUT2D eigenvalue weighted by Gasteiger charge is -2.30. The van der Waals surface area contributed by atoms with E-state index in [-0.39, 0.29) is 18.2 Å². The average Bonchev–Trinajstić information content (AvgIpc) is 3.18. The zero-order chi connectivity index (χ0) is 23.8. The Morgan fingerprint density at radius 1 is 1.09 bits per heavy atom. The highest BCUT2D eigenvalue weighted by Crippen LogP contribution is 2.33. The normalized spacial score (nSPS) is 18.3. The van der Waals surface area contributed by atoms with Gasteiger partial charge in [0.25, 0.3) is 0 Å². The van der Waals surface area contributed by atoms with Gasteiger partial charge in [0, 0.05) is 24.8 Å². The molecule has 0 saturated carbocycles. The molecule has 1 aliphatic heterocycles. The van der Waals surface area contributed by atoms with Crippen LogP contribution in [-0.4, -0.2) is 43.5 Å². The van der Waals surface area contributed by atoms with Gasteiger partial charge in [0.15, 0.2) is 11.5 Å². The van der Waals surface area contributed by atoms with E-state index in [2.05, 4.69) is 10.6 Å². The molecule has 0 aliphatic carbocycles. The van der Waals surface area contributed by atoms with Gasteiger partial charge in [-0.2, -0.15) is 0 Å². The van der Waals surface area contributed by atoms with Gasteiger partial charge < -0.3 is 25.8 Å². The van der Waals surface area contributed by atoms with Crippen LogP contribution in [-0.2, 0) is 27.2 Å². The van der Waals surface area contributed by atoms with Crippen molar-refractivity contribution in [1.29, 1.82) is 0 Å². The number of nitrogens with one attached hydrogen (secondary N) is 2. The summed E-state index contributed by atoms with van der Waals surface area (Å²) in [4.78, 5) is 36.7. The quantitative estimate of drug-likeness (QED) is 0.480. The van der Waals surface area contributed by atoms with Crippen LogP contribution >= 0.6 is 0 Å². The van der Waals surface area contributed by atoms with Crippen LogP contribution in [0.1, 0.15) is 36.8 Å². The van der Waals surface area contributed by atoms with E-state index < -0.39 is 17.5 Å². The maximum Gasteiger partial charge on any atom is 0.240 e. The van der Waals surface area contributed by atoms with E-state index in [0.717, 1.165) is 11.1 Å². The van der Waals surface area contributed by atoms with Crippen LogP contribution in [0.2, 0.25) is 0 Å². The van der Waals surface area contributed by atoms with E-state index in [9.17, 15) is 14.4 Å². The Hall–Kier alpha value is -3.55. The minimum absolute atomic E-state index is 0.0324. The van der Waals surface area contributed by atoms with Crippen LogP contribution in [0.25, 0.3) is 0 Å². The summed E-state index contributed by atoms with van der Waals surface area (Å²) < 4.78 is 10.7. The second-order valence-corrected chi connectivity index (χ2v) is 8.41. The molecule has 1 aliphatic rings. The topological polar surface area (TPSA) is 120 Å². The van der Waals surface area contributed by atoms with Crippen molar-refractivity contribution in [1.82, 2.24) is 10.6 Å².